The number of rotatable bonds is 4. The van der Waals surface area contributed by atoms with Gasteiger partial charge in [0.1, 0.15) is 0 Å². The largest absolute Gasteiger partial charge is 0.478 e. The Morgan fingerprint density at radius 3 is 0.800 bits per heavy atom. The Balaban J connectivity index is 4.10. The molecule has 20 heavy (non-hydrogen) atoms. The summed E-state index contributed by atoms with van der Waals surface area (Å²) in [4.78, 5) is 44.0. The van der Waals surface area contributed by atoms with Crippen LogP contribution in [0, 0.1) is 0 Å². The molecule has 0 fully saturated rings. The van der Waals surface area contributed by atoms with Crippen LogP contribution in [0.1, 0.15) is 41.4 Å². The summed E-state index contributed by atoms with van der Waals surface area (Å²) in [6, 6.07) is 0. The number of carboxylic acid groups (broad SMARTS) is 4. The second-order valence-electron chi connectivity index (χ2n) is 3.35. The molecule has 1 aromatic carbocycles. The highest BCUT2D eigenvalue weighted by atomic mass is 35.5. The van der Waals surface area contributed by atoms with Crippen molar-refractivity contribution in [2.75, 3.05) is 0 Å². The Morgan fingerprint density at radius 1 is 0.550 bits per heavy atom. The molecule has 0 saturated carbocycles. The summed E-state index contributed by atoms with van der Waals surface area (Å²) < 4.78 is 0. The molecule has 10 heteroatoms. The third kappa shape index (κ3) is 2.38. The highest BCUT2D eigenvalue weighted by Crippen LogP contribution is 2.35. The summed E-state index contributed by atoms with van der Waals surface area (Å²) in [5, 5.41) is 33.6. The summed E-state index contributed by atoms with van der Waals surface area (Å²) >= 11 is 11.0. The molecule has 0 aromatic heterocycles. The van der Waals surface area contributed by atoms with Gasteiger partial charge in [0.25, 0.3) is 0 Å². The lowest BCUT2D eigenvalue weighted by atomic mass is 9.97. The maximum atomic E-state index is 11.0. The number of carboxylic acids is 4. The molecule has 0 saturated heterocycles. The molecule has 4 N–H and O–H groups in total. The SMILES string of the molecule is O=C(O)c1c(Cl)c(C(=O)O)c(C(=O)O)c(Cl)c1C(=O)O. The zero-order valence-electron chi connectivity index (χ0n) is 9.18. The Morgan fingerprint density at radius 2 is 0.700 bits per heavy atom. The molecule has 0 unspecified atom stereocenters. The van der Waals surface area contributed by atoms with E-state index in [1.165, 1.54) is 0 Å². The molecule has 0 aliphatic carbocycles. The van der Waals surface area contributed by atoms with E-state index in [-0.39, 0.29) is 0 Å². The molecule has 0 aliphatic heterocycles. The number of carbonyl (C=O) groups is 4. The van der Waals surface area contributed by atoms with Gasteiger partial charge in [-0.15, -0.1) is 0 Å². The number of hydrogen-bond donors (Lipinski definition) is 4. The van der Waals surface area contributed by atoms with E-state index in [2.05, 4.69) is 0 Å². The maximum absolute atomic E-state index is 11.0. The van der Waals surface area contributed by atoms with E-state index in [1.54, 1.807) is 0 Å². The standard InChI is InChI=1S/C10H4Cl2O8/c11-5-1(7(13)14)2(8(15)16)6(12)4(10(19)20)3(5)9(17)18/h(H,13,14)(H,15,16)(H,17,18)(H,19,20). The summed E-state index contributed by atoms with van der Waals surface area (Å²) in [6.07, 6.45) is 0. The minimum Gasteiger partial charge on any atom is -0.478 e. The van der Waals surface area contributed by atoms with Crippen LogP contribution in [-0.2, 0) is 0 Å². The van der Waals surface area contributed by atoms with Crippen molar-refractivity contribution < 1.29 is 39.6 Å². The second-order valence-corrected chi connectivity index (χ2v) is 4.10. The zero-order valence-corrected chi connectivity index (χ0v) is 10.7. The molecule has 0 heterocycles. The van der Waals surface area contributed by atoms with Gasteiger partial charge in [0.15, 0.2) is 0 Å². The van der Waals surface area contributed by atoms with Gasteiger partial charge in [-0.3, -0.25) is 0 Å². The molecule has 106 valence electrons. The van der Waals surface area contributed by atoms with Crippen LogP contribution < -0.4 is 0 Å². The predicted molar refractivity (Wildman–Crippen MR) is 64.3 cm³/mol. The van der Waals surface area contributed by atoms with E-state index in [0.29, 0.717) is 0 Å². The van der Waals surface area contributed by atoms with E-state index < -0.39 is 56.2 Å². The first-order valence-corrected chi connectivity index (χ1v) is 5.34. The smallest absolute Gasteiger partial charge is 0.338 e. The molecule has 0 bridgehead atoms. The molecule has 0 aliphatic rings. The van der Waals surface area contributed by atoms with E-state index in [9.17, 15) is 19.2 Å². The first-order valence-electron chi connectivity index (χ1n) is 4.59. The molecule has 0 atom stereocenters. The summed E-state index contributed by atoms with van der Waals surface area (Å²) in [5.74, 6) is -7.41. The van der Waals surface area contributed by atoms with E-state index >= 15 is 0 Å². The van der Waals surface area contributed by atoms with Crippen molar-refractivity contribution in [2.45, 2.75) is 0 Å². The van der Waals surface area contributed by atoms with Crippen LogP contribution >= 0.6 is 23.2 Å². The quantitative estimate of drug-likeness (QED) is 0.655. The van der Waals surface area contributed by atoms with Crippen LogP contribution in [-0.4, -0.2) is 44.3 Å². The molecule has 0 spiro atoms. The normalized spacial score (nSPS) is 10.1. The summed E-state index contributed by atoms with van der Waals surface area (Å²) in [6.45, 7) is 0. The van der Waals surface area contributed by atoms with Gasteiger partial charge in [0, 0.05) is 0 Å². The Hall–Kier alpha value is -2.32. The summed E-state index contributed by atoms with van der Waals surface area (Å²) in [7, 11) is 0. The number of hydrogen-bond acceptors (Lipinski definition) is 4. The van der Waals surface area contributed by atoms with Crippen LogP contribution in [0.25, 0.3) is 0 Å². The fourth-order valence-electron chi connectivity index (χ4n) is 1.49. The fourth-order valence-corrected chi connectivity index (χ4v) is 2.19. The Bertz CT molecular complexity index is 554. The van der Waals surface area contributed by atoms with Crippen molar-refractivity contribution in [3.63, 3.8) is 0 Å². The van der Waals surface area contributed by atoms with Gasteiger partial charge in [-0.1, -0.05) is 23.2 Å². The van der Waals surface area contributed by atoms with Gasteiger partial charge in [0.05, 0.1) is 32.3 Å². The van der Waals surface area contributed by atoms with Gasteiger partial charge in [0.2, 0.25) is 0 Å². The highest BCUT2D eigenvalue weighted by molar-refractivity contribution is 6.43. The van der Waals surface area contributed by atoms with Gasteiger partial charge < -0.3 is 20.4 Å². The highest BCUT2D eigenvalue weighted by Gasteiger charge is 2.34. The number of halogens is 2. The van der Waals surface area contributed by atoms with Crippen LogP contribution in [0.5, 0.6) is 0 Å². The average Bonchev–Trinajstić information content (AvgIpc) is 2.28. The van der Waals surface area contributed by atoms with Crippen molar-refractivity contribution in [1.82, 2.24) is 0 Å². The lowest BCUT2D eigenvalue weighted by Crippen LogP contribution is -2.18. The fraction of sp³-hybridized carbons (Fsp3) is 0. The topological polar surface area (TPSA) is 149 Å². The number of aromatic carboxylic acids is 4. The minimum absolute atomic E-state index is 1.02. The van der Waals surface area contributed by atoms with Crippen molar-refractivity contribution >= 4 is 47.1 Å². The summed E-state index contributed by atoms with van der Waals surface area (Å²) in [5.41, 5.74) is -4.36. The van der Waals surface area contributed by atoms with Gasteiger partial charge in [-0.25, -0.2) is 19.2 Å². The van der Waals surface area contributed by atoms with E-state index in [4.69, 9.17) is 43.6 Å². The minimum atomic E-state index is -1.85. The molecular weight excluding hydrogens is 319 g/mol. The third-order valence-electron chi connectivity index (χ3n) is 2.23. The third-order valence-corrected chi connectivity index (χ3v) is 2.99. The van der Waals surface area contributed by atoms with Crippen LogP contribution in [0.2, 0.25) is 10.0 Å². The van der Waals surface area contributed by atoms with Crippen LogP contribution in [0.15, 0.2) is 0 Å². The molecule has 8 nitrogen and oxygen atoms in total. The van der Waals surface area contributed by atoms with Crippen LogP contribution in [0.3, 0.4) is 0 Å². The molecule has 0 radical (unpaired) electrons. The van der Waals surface area contributed by atoms with Gasteiger partial charge in [-0.2, -0.15) is 0 Å². The van der Waals surface area contributed by atoms with E-state index in [1.807, 2.05) is 0 Å². The first kappa shape index (κ1) is 15.7. The van der Waals surface area contributed by atoms with Crippen molar-refractivity contribution in [3.05, 3.63) is 32.3 Å². The maximum Gasteiger partial charge on any atom is 0.338 e. The van der Waals surface area contributed by atoms with Gasteiger partial charge >= 0.3 is 23.9 Å². The molecule has 0 amide bonds. The van der Waals surface area contributed by atoms with E-state index in [0.717, 1.165) is 0 Å². The van der Waals surface area contributed by atoms with Crippen molar-refractivity contribution in [2.24, 2.45) is 0 Å². The average molecular weight is 323 g/mol. The Labute approximate surface area is 119 Å². The lowest BCUT2D eigenvalue weighted by molar-refractivity contribution is 0.0637. The predicted octanol–water partition coefficient (Wildman–Crippen LogP) is 1.79. The van der Waals surface area contributed by atoms with Crippen molar-refractivity contribution in [3.8, 4) is 0 Å². The lowest BCUT2D eigenvalue weighted by Gasteiger charge is -2.13. The first-order chi connectivity index (χ1) is 9.11. The molecule has 1 rings (SSSR count). The zero-order chi connectivity index (χ0) is 15.8. The Kier molecular flexibility index (Phi) is 4.21. The monoisotopic (exact) mass is 322 g/mol. The van der Waals surface area contributed by atoms with Gasteiger partial charge in [-0.05, 0) is 0 Å². The molecule has 1 aromatic rings. The second kappa shape index (κ2) is 5.35. The van der Waals surface area contributed by atoms with Crippen molar-refractivity contribution in [1.29, 1.82) is 0 Å². The van der Waals surface area contributed by atoms with Crippen LogP contribution in [0.4, 0.5) is 0 Å². The number of benzene rings is 1. The molecular formula is C10H4Cl2O8.